The fourth-order valence-corrected chi connectivity index (χ4v) is 5.23. The van der Waals surface area contributed by atoms with Crippen LogP contribution in [0.1, 0.15) is 36.0 Å². The molecule has 194 valence electrons. The van der Waals surface area contributed by atoms with E-state index in [1.807, 2.05) is 11.0 Å². The molecule has 2 aliphatic rings. The fraction of sp³-hybridized carbons (Fsp3) is 0.500. The van der Waals surface area contributed by atoms with Crippen LogP contribution in [0, 0.1) is 11.8 Å². The number of anilines is 1. The van der Waals surface area contributed by atoms with E-state index in [0.29, 0.717) is 41.2 Å². The van der Waals surface area contributed by atoms with Crippen LogP contribution in [0.5, 0.6) is 17.2 Å². The molecule has 1 saturated carbocycles. The quantitative estimate of drug-likeness (QED) is 0.603. The molecule has 0 unspecified atom stereocenters. The Morgan fingerprint density at radius 2 is 1.44 bits per heavy atom. The highest BCUT2D eigenvalue weighted by atomic mass is 16.5. The lowest BCUT2D eigenvalue weighted by Gasteiger charge is -2.38. The van der Waals surface area contributed by atoms with E-state index < -0.39 is 0 Å². The second kappa shape index (κ2) is 12.0. The number of amides is 2. The number of para-hydroxylation sites is 1. The van der Waals surface area contributed by atoms with Gasteiger partial charge < -0.3 is 29.3 Å². The Bertz CT molecular complexity index is 1030. The highest BCUT2D eigenvalue weighted by molar-refractivity contribution is 5.97. The van der Waals surface area contributed by atoms with Gasteiger partial charge in [0.25, 0.3) is 5.91 Å². The molecular weight excluding hydrogens is 458 g/mol. The van der Waals surface area contributed by atoms with Crippen LogP contribution >= 0.6 is 0 Å². The molecule has 2 amide bonds. The molecule has 8 heteroatoms. The van der Waals surface area contributed by atoms with E-state index >= 15 is 0 Å². The van der Waals surface area contributed by atoms with Crippen molar-refractivity contribution in [3.63, 3.8) is 0 Å². The largest absolute Gasteiger partial charge is 0.496 e. The maximum Gasteiger partial charge on any atom is 0.255 e. The number of carbonyl (C=O) groups is 2. The lowest BCUT2D eigenvalue weighted by atomic mass is 9.81. The van der Waals surface area contributed by atoms with Crippen LogP contribution in [-0.4, -0.2) is 70.8 Å². The van der Waals surface area contributed by atoms with Gasteiger partial charge in [-0.05, 0) is 43.7 Å². The van der Waals surface area contributed by atoms with E-state index in [0.717, 1.165) is 51.9 Å². The lowest BCUT2D eigenvalue weighted by Crippen LogP contribution is -2.50. The molecule has 0 bridgehead atoms. The van der Waals surface area contributed by atoms with Gasteiger partial charge in [0.05, 0.1) is 26.9 Å². The number of hydrogen-bond donors (Lipinski definition) is 1. The summed E-state index contributed by atoms with van der Waals surface area (Å²) in [5.41, 5.74) is 1.63. The minimum atomic E-state index is -0.206. The van der Waals surface area contributed by atoms with Crippen molar-refractivity contribution in [2.75, 3.05) is 59.0 Å². The van der Waals surface area contributed by atoms with Gasteiger partial charge >= 0.3 is 0 Å². The molecule has 1 saturated heterocycles. The number of benzene rings is 2. The summed E-state index contributed by atoms with van der Waals surface area (Å²) in [5.74, 6) is 1.96. The zero-order chi connectivity index (χ0) is 25.5. The first-order chi connectivity index (χ1) is 17.5. The predicted octanol–water partition coefficient (Wildman–Crippen LogP) is 3.60. The fourth-order valence-electron chi connectivity index (χ4n) is 5.23. The molecule has 36 heavy (non-hydrogen) atoms. The van der Waals surface area contributed by atoms with Crippen molar-refractivity contribution >= 4 is 17.5 Å². The molecule has 1 heterocycles. The Morgan fingerprint density at radius 3 is 2.06 bits per heavy atom. The summed E-state index contributed by atoms with van der Waals surface area (Å²) in [4.78, 5) is 30.4. The summed E-state index contributed by atoms with van der Waals surface area (Å²) in [6.07, 6.45) is 3.61. The molecule has 1 N–H and O–H groups in total. The Hall–Kier alpha value is -3.42. The number of piperazine rings is 1. The summed E-state index contributed by atoms with van der Waals surface area (Å²) in [5, 5.41) is 3.04. The van der Waals surface area contributed by atoms with Gasteiger partial charge in [-0.15, -0.1) is 0 Å². The molecule has 0 aromatic heterocycles. The van der Waals surface area contributed by atoms with Crippen molar-refractivity contribution < 1.29 is 23.8 Å². The smallest absolute Gasteiger partial charge is 0.255 e. The summed E-state index contributed by atoms with van der Waals surface area (Å²) in [6.45, 7) is 3.87. The number of ether oxygens (including phenoxy) is 3. The number of nitrogens with zero attached hydrogens (tertiary/aromatic N) is 2. The van der Waals surface area contributed by atoms with Crippen LogP contribution in [0.2, 0.25) is 0 Å². The maximum absolute atomic E-state index is 13.1. The van der Waals surface area contributed by atoms with Gasteiger partial charge in [-0.1, -0.05) is 18.2 Å². The standard InChI is InChI=1S/C28H37N3O5/c1-34-24-18-26(36-3)25(35-2)17-23(24)27(32)29-19-20-9-11-21(12-10-20)28(33)31-15-13-30(14-16-31)22-7-5-4-6-8-22/h4-8,17-18,20-21H,9-16,19H2,1-3H3,(H,29,32). The van der Waals surface area contributed by atoms with Crippen molar-refractivity contribution in [1.29, 1.82) is 0 Å². The van der Waals surface area contributed by atoms with E-state index in [4.69, 9.17) is 14.2 Å². The van der Waals surface area contributed by atoms with Gasteiger partial charge in [-0.3, -0.25) is 9.59 Å². The van der Waals surface area contributed by atoms with Gasteiger partial charge in [0, 0.05) is 56.5 Å². The van der Waals surface area contributed by atoms with E-state index in [1.54, 1.807) is 19.2 Å². The molecule has 0 radical (unpaired) electrons. The molecule has 1 aliphatic carbocycles. The second-order valence-corrected chi connectivity index (χ2v) is 9.48. The normalized spacial score (nSPS) is 20.0. The highest BCUT2D eigenvalue weighted by Gasteiger charge is 2.31. The average molecular weight is 496 g/mol. The zero-order valence-electron chi connectivity index (χ0n) is 21.5. The number of hydrogen-bond acceptors (Lipinski definition) is 6. The monoisotopic (exact) mass is 495 g/mol. The maximum atomic E-state index is 13.1. The van der Waals surface area contributed by atoms with E-state index in [9.17, 15) is 9.59 Å². The molecule has 4 rings (SSSR count). The third kappa shape index (κ3) is 5.86. The van der Waals surface area contributed by atoms with Crippen LogP contribution < -0.4 is 24.4 Å². The van der Waals surface area contributed by atoms with E-state index in [1.165, 1.54) is 19.9 Å². The summed E-state index contributed by atoms with van der Waals surface area (Å²) in [7, 11) is 4.61. The lowest BCUT2D eigenvalue weighted by molar-refractivity contribution is -0.137. The molecule has 2 aromatic rings. The Balaban J connectivity index is 1.24. The first kappa shape index (κ1) is 25.7. The average Bonchev–Trinajstić information content (AvgIpc) is 2.95. The minimum Gasteiger partial charge on any atom is -0.496 e. The zero-order valence-corrected chi connectivity index (χ0v) is 21.5. The Kier molecular flexibility index (Phi) is 8.57. The van der Waals surface area contributed by atoms with Crippen molar-refractivity contribution in [3.05, 3.63) is 48.0 Å². The second-order valence-electron chi connectivity index (χ2n) is 9.48. The van der Waals surface area contributed by atoms with Crippen molar-refractivity contribution in [3.8, 4) is 17.2 Å². The highest BCUT2D eigenvalue weighted by Crippen LogP contribution is 2.35. The van der Waals surface area contributed by atoms with Gasteiger partial charge in [0.2, 0.25) is 5.91 Å². The van der Waals surface area contributed by atoms with Crippen LogP contribution in [0.4, 0.5) is 5.69 Å². The number of methoxy groups -OCH3 is 3. The molecule has 8 nitrogen and oxygen atoms in total. The van der Waals surface area contributed by atoms with Crippen molar-refractivity contribution in [2.24, 2.45) is 11.8 Å². The molecule has 0 atom stereocenters. The van der Waals surface area contributed by atoms with Crippen LogP contribution in [0.15, 0.2) is 42.5 Å². The van der Waals surface area contributed by atoms with Crippen molar-refractivity contribution in [2.45, 2.75) is 25.7 Å². The SMILES string of the molecule is COc1cc(OC)c(C(=O)NCC2CCC(C(=O)N3CCN(c4ccccc4)CC3)CC2)cc1OC. The summed E-state index contributed by atoms with van der Waals surface area (Å²) >= 11 is 0. The predicted molar refractivity (Wildman–Crippen MR) is 139 cm³/mol. The van der Waals surface area contributed by atoms with Crippen molar-refractivity contribution in [1.82, 2.24) is 10.2 Å². The third-order valence-electron chi connectivity index (χ3n) is 7.41. The molecule has 2 fully saturated rings. The van der Waals surface area contributed by atoms with Gasteiger partial charge in [-0.2, -0.15) is 0 Å². The van der Waals surface area contributed by atoms with E-state index in [2.05, 4.69) is 34.5 Å². The number of nitrogens with one attached hydrogen (secondary N) is 1. The molecule has 2 aromatic carbocycles. The van der Waals surface area contributed by atoms with Gasteiger partial charge in [0.15, 0.2) is 11.5 Å². The molecular formula is C28H37N3O5. The van der Waals surface area contributed by atoms with Gasteiger partial charge in [0.1, 0.15) is 5.75 Å². The number of carbonyl (C=O) groups excluding carboxylic acids is 2. The Labute approximate surface area is 213 Å². The third-order valence-corrected chi connectivity index (χ3v) is 7.41. The topological polar surface area (TPSA) is 80.3 Å². The Morgan fingerprint density at radius 1 is 0.833 bits per heavy atom. The molecule has 1 aliphatic heterocycles. The minimum absolute atomic E-state index is 0.0890. The van der Waals surface area contributed by atoms with Gasteiger partial charge in [-0.25, -0.2) is 0 Å². The van der Waals surface area contributed by atoms with Crippen LogP contribution in [0.3, 0.4) is 0 Å². The van der Waals surface area contributed by atoms with Crippen LogP contribution in [-0.2, 0) is 4.79 Å². The van der Waals surface area contributed by atoms with Crippen LogP contribution in [0.25, 0.3) is 0 Å². The summed E-state index contributed by atoms with van der Waals surface area (Å²) in [6, 6.07) is 13.7. The summed E-state index contributed by atoms with van der Waals surface area (Å²) < 4.78 is 16.0. The first-order valence-electron chi connectivity index (χ1n) is 12.7. The number of rotatable bonds is 8. The van der Waals surface area contributed by atoms with E-state index in [-0.39, 0.29) is 11.8 Å². The molecule has 0 spiro atoms. The first-order valence-corrected chi connectivity index (χ1v) is 12.7.